The van der Waals surface area contributed by atoms with Crippen LogP contribution in [0.3, 0.4) is 0 Å². The molecule has 3 heterocycles. The maximum Gasteiger partial charge on any atom is 0.160 e. The summed E-state index contributed by atoms with van der Waals surface area (Å²) in [6, 6.07) is 2.66. The lowest BCUT2D eigenvalue weighted by Crippen LogP contribution is -2.28. The first kappa shape index (κ1) is 11.1. The van der Waals surface area contributed by atoms with E-state index in [1.54, 1.807) is 0 Å². The van der Waals surface area contributed by atoms with Crippen LogP contribution in [0, 0.1) is 5.41 Å². The minimum absolute atomic E-state index is 0.460. The zero-order chi connectivity index (χ0) is 13.0. The van der Waals surface area contributed by atoms with Crippen LogP contribution in [-0.2, 0) is 7.05 Å². The van der Waals surface area contributed by atoms with Gasteiger partial charge in [-0.15, -0.1) is 0 Å². The summed E-state index contributed by atoms with van der Waals surface area (Å²) in [4.78, 5) is 4.39. The largest absolute Gasteiger partial charge is 0.370 e. The minimum atomic E-state index is 0.460. The van der Waals surface area contributed by atoms with Crippen LogP contribution >= 0.6 is 0 Å². The Labute approximate surface area is 112 Å². The van der Waals surface area contributed by atoms with E-state index < -0.39 is 0 Å². The van der Waals surface area contributed by atoms with E-state index in [4.69, 9.17) is 5.10 Å². The highest BCUT2D eigenvalue weighted by Crippen LogP contribution is 2.56. The number of nitrogens with zero attached hydrogens (tertiary/aromatic N) is 4. The molecule has 1 fully saturated rings. The van der Waals surface area contributed by atoms with Gasteiger partial charge in [-0.3, -0.25) is 0 Å². The predicted molar refractivity (Wildman–Crippen MR) is 73.9 cm³/mol. The van der Waals surface area contributed by atoms with Crippen LogP contribution in [0.1, 0.15) is 32.2 Å². The van der Waals surface area contributed by atoms with Crippen molar-refractivity contribution in [2.24, 2.45) is 12.5 Å². The van der Waals surface area contributed by atoms with Gasteiger partial charge in [0.25, 0.3) is 0 Å². The van der Waals surface area contributed by atoms with Gasteiger partial charge in [-0.05, 0) is 24.7 Å². The summed E-state index contributed by atoms with van der Waals surface area (Å²) >= 11 is 0. The third-order valence-corrected chi connectivity index (χ3v) is 4.65. The van der Waals surface area contributed by atoms with Gasteiger partial charge in [-0.1, -0.05) is 6.92 Å². The number of fused-ring (bicyclic) bond motifs is 1. The molecule has 1 aliphatic carbocycles. The SMILES string of the molecule is Cn1ccnc1-c1cc2n(n1)C(C1(C)CC1)CCN2. The topological polar surface area (TPSA) is 47.7 Å². The Morgan fingerprint density at radius 3 is 2.95 bits per heavy atom. The van der Waals surface area contributed by atoms with Gasteiger partial charge in [0, 0.05) is 32.1 Å². The van der Waals surface area contributed by atoms with Crippen molar-refractivity contribution in [1.82, 2.24) is 19.3 Å². The summed E-state index contributed by atoms with van der Waals surface area (Å²) in [5, 5.41) is 8.27. The normalized spacial score (nSPS) is 23.8. The van der Waals surface area contributed by atoms with Crippen LogP contribution in [0.15, 0.2) is 18.5 Å². The highest BCUT2D eigenvalue weighted by molar-refractivity contribution is 5.57. The van der Waals surface area contributed by atoms with Crippen molar-refractivity contribution >= 4 is 5.82 Å². The lowest BCUT2D eigenvalue weighted by atomic mass is 9.95. The number of aromatic nitrogens is 4. The second-order valence-electron chi connectivity index (χ2n) is 6.11. The van der Waals surface area contributed by atoms with Gasteiger partial charge in [0.2, 0.25) is 0 Å². The summed E-state index contributed by atoms with van der Waals surface area (Å²) in [5.41, 5.74) is 1.42. The Morgan fingerprint density at radius 1 is 1.42 bits per heavy atom. The summed E-state index contributed by atoms with van der Waals surface area (Å²) in [6.07, 6.45) is 7.61. The molecular weight excluding hydrogens is 238 g/mol. The smallest absolute Gasteiger partial charge is 0.160 e. The van der Waals surface area contributed by atoms with Crippen LogP contribution in [-0.4, -0.2) is 25.9 Å². The third-order valence-electron chi connectivity index (χ3n) is 4.65. The number of aryl methyl sites for hydroxylation is 1. The number of hydrogen-bond donors (Lipinski definition) is 1. The van der Waals surface area contributed by atoms with E-state index in [1.807, 2.05) is 24.0 Å². The fourth-order valence-corrected chi connectivity index (χ4v) is 3.12. The van der Waals surface area contributed by atoms with Gasteiger partial charge in [0.05, 0.1) is 6.04 Å². The number of hydrogen-bond acceptors (Lipinski definition) is 3. The van der Waals surface area contributed by atoms with Crippen molar-refractivity contribution in [2.75, 3.05) is 11.9 Å². The molecule has 1 atom stereocenters. The quantitative estimate of drug-likeness (QED) is 0.899. The van der Waals surface area contributed by atoms with Gasteiger partial charge in [-0.25, -0.2) is 9.67 Å². The Bertz CT molecular complexity index is 620. The molecule has 1 saturated carbocycles. The van der Waals surface area contributed by atoms with Crippen molar-refractivity contribution in [2.45, 2.75) is 32.2 Å². The van der Waals surface area contributed by atoms with E-state index in [9.17, 15) is 0 Å². The lowest BCUT2D eigenvalue weighted by molar-refractivity contribution is 0.285. The van der Waals surface area contributed by atoms with E-state index >= 15 is 0 Å². The average molecular weight is 257 g/mol. The second-order valence-corrected chi connectivity index (χ2v) is 6.11. The molecule has 0 aromatic carbocycles. The van der Waals surface area contributed by atoms with Crippen molar-refractivity contribution in [3.05, 3.63) is 18.5 Å². The Balaban J connectivity index is 1.78. The molecule has 2 aliphatic rings. The Morgan fingerprint density at radius 2 is 2.26 bits per heavy atom. The van der Waals surface area contributed by atoms with E-state index in [0.717, 1.165) is 23.9 Å². The van der Waals surface area contributed by atoms with Crippen LogP contribution in [0.25, 0.3) is 11.5 Å². The molecule has 100 valence electrons. The molecule has 19 heavy (non-hydrogen) atoms. The molecule has 5 heteroatoms. The molecule has 0 spiro atoms. The van der Waals surface area contributed by atoms with Gasteiger partial charge >= 0.3 is 0 Å². The molecular formula is C14H19N5. The summed E-state index contributed by atoms with van der Waals surface area (Å²) in [5.74, 6) is 2.07. The molecule has 1 aliphatic heterocycles. The van der Waals surface area contributed by atoms with Crippen molar-refractivity contribution in [3.8, 4) is 11.5 Å². The van der Waals surface area contributed by atoms with E-state index in [-0.39, 0.29) is 0 Å². The summed E-state index contributed by atoms with van der Waals surface area (Å²) in [7, 11) is 2.01. The van der Waals surface area contributed by atoms with Crippen LogP contribution in [0.2, 0.25) is 0 Å². The van der Waals surface area contributed by atoms with Gasteiger partial charge in [0.1, 0.15) is 11.5 Å². The van der Waals surface area contributed by atoms with E-state index in [1.165, 1.54) is 19.3 Å². The Kier molecular flexibility index (Phi) is 2.11. The first-order chi connectivity index (χ1) is 9.17. The predicted octanol–water partition coefficient (Wildman–Crippen LogP) is 2.44. The molecule has 0 saturated heterocycles. The van der Waals surface area contributed by atoms with Crippen LogP contribution in [0.5, 0.6) is 0 Å². The van der Waals surface area contributed by atoms with Gasteiger partial charge < -0.3 is 9.88 Å². The van der Waals surface area contributed by atoms with Gasteiger partial charge in [0.15, 0.2) is 5.82 Å². The lowest BCUT2D eigenvalue weighted by Gasteiger charge is -2.30. The zero-order valence-electron chi connectivity index (χ0n) is 11.4. The maximum atomic E-state index is 4.81. The Hall–Kier alpha value is -1.78. The first-order valence-corrected chi connectivity index (χ1v) is 6.98. The zero-order valence-corrected chi connectivity index (χ0v) is 11.4. The van der Waals surface area contributed by atoms with Gasteiger partial charge in [-0.2, -0.15) is 5.10 Å². The van der Waals surface area contributed by atoms with Crippen LogP contribution < -0.4 is 5.32 Å². The molecule has 5 nitrogen and oxygen atoms in total. The molecule has 4 rings (SSSR count). The van der Waals surface area contributed by atoms with Crippen molar-refractivity contribution < 1.29 is 0 Å². The van der Waals surface area contributed by atoms with E-state index in [2.05, 4.69) is 28.0 Å². The maximum absolute atomic E-state index is 4.81. The minimum Gasteiger partial charge on any atom is -0.370 e. The highest BCUT2D eigenvalue weighted by Gasteiger charge is 2.47. The fraction of sp³-hybridized carbons (Fsp3) is 0.571. The second kappa shape index (κ2) is 3.62. The molecule has 2 aromatic heterocycles. The molecule has 1 N–H and O–H groups in total. The molecule has 0 bridgehead atoms. The third kappa shape index (κ3) is 1.60. The van der Waals surface area contributed by atoms with Crippen molar-refractivity contribution in [1.29, 1.82) is 0 Å². The summed E-state index contributed by atoms with van der Waals surface area (Å²) in [6.45, 7) is 3.43. The van der Waals surface area contributed by atoms with E-state index in [0.29, 0.717) is 11.5 Å². The highest BCUT2D eigenvalue weighted by atomic mass is 15.4. The number of nitrogens with one attached hydrogen (secondary N) is 1. The first-order valence-electron chi connectivity index (χ1n) is 6.98. The number of rotatable bonds is 2. The van der Waals surface area contributed by atoms with Crippen LogP contribution in [0.4, 0.5) is 5.82 Å². The van der Waals surface area contributed by atoms with Crippen molar-refractivity contribution in [3.63, 3.8) is 0 Å². The molecule has 1 unspecified atom stereocenters. The average Bonchev–Trinajstić information content (AvgIpc) is 2.85. The number of anilines is 1. The molecule has 2 aromatic rings. The summed E-state index contributed by atoms with van der Waals surface area (Å²) < 4.78 is 4.21. The molecule has 0 radical (unpaired) electrons. The number of imidazole rings is 1. The fourth-order valence-electron chi connectivity index (χ4n) is 3.12. The monoisotopic (exact) mass is 257 g/mol. The molecule has 0 amide bonds. The standard InChI is InChI=1S/C14H19N5/c1-14(4-5-14)11-3-6-15-12-9-10(17-19(11)12)13-16-7-8-18(13)2/h7-9,11,15H,3-6H2,1-2H3.